The Labute approximate surface area is 101 Å². The summed E-state index contributed by atoms with van der Waals surface area (Å²) in [7, 11) is 0. The summed E-state index contributed by atoms with van der Waals surface area (Å²) < 4.78 is 10.5. The van der Waals surface area contributed by atoms with Crippen molar-refractivity contribution >= 4 is 11.9 Å². The maximum Gasteiger partial charge on any atom is 0.231 e. The van der Waals surface area contributed by atoms with Crippen molar-refractivity contribution in [2.45, 2.75) is 20.8 Å². The molecule has 3 heteroatoms. The topological polar surface area (TPSA) is 35.5 Å². The lowest BCUT2D eigenvalue weighted by Gasteiger charge is -2.12. The van der Waals surface area contributed by atoms with Gasteiger partial charge in [0, 0.05) is 5.41 Å². The molecule has 0 aliphatic carbocycles. The zero-order valence-corrected chi connectivity index (χ0v) is 10.3. The van der Waals surface area contributed by atoms with E-state index in [1.165, 1.54) is 0 Å². The van der Waals surface area contributed by atoms with Crippen LogP contribution < -0.4 is 9.47 Å². The highest BCUT2D eigenvalue weighted by Gasteiger charge is 2.18. The highest BCUT2D eigenvalue weighted by atomic mass is 16.7. The van der Waals surface area contributed by atoms with Crippen LogP contribution in [0.15, 0.2) is 24.3 Å². The zero-order chi connectivity index (χ0) is 12.5. The number of hydrogen-bond acceptors (Lipinski definition) is 3. The van der Waals surface area contributed by atoms with E-state index in [1.54, 1.807) is 12.2 Å². The molecular weight excluding hydrogens is 218 g/mol. The lowest BCUT2D eigenvalue weighted by Crippen LogP contribution is -2.17. The second-order valence-corrected chi connectivity index (χ2v) is 5.06. The Morgan fingerprint density at radius 2 is 2.00 bits per heavy atom. The minimum absolute atomic E-state index is 0.107. The summed E-state index contributed by atoms with van der Waals surface area (Å²) in [6.07, 6.45) is 3.41. The number of fused-ring (bicyclic) bond motifs is 1. The molecule has 17 heavy (non-hydrogen) atoms. The van der Waals surface area contributed by atoms with Crippen LogP contribution in [0.3, 0.4) is 0 Å². The number of ketones is 1. The Morgan fingerprint density at radius 3 is 2.71 bits per heavy atom. The van der Waals surface area contributed by atoms with E-state index in [0.717, 1.165) is 17.1 Å². The fraction of sp³-hybridized carbons (Fsp3) is 0.357. The lowest BCUT2D eigenvalue weighted by molar-refractivity contribution is -0.121. The molecule has 1 aromatic carbocycles. The van der Waals surface area contributed by atoms with Gasteiger partial charge in [0.15, 0.2) is 17.3 Å². The largest absolute Gasteiger partial charge is 0.454 e. The normalized spacial score (nSPS) is 14.3. The van der Waals surface area contributed by atoms with E-state index in [4.69, 9.17) is 9.47 Å². The van der Waals surface area contributed by atoms with Crippen LogP contribution in [-0.4, -0.2) is 12.6 Å². The first-order chi connectivity index (χ1) is 7.97. The van der Waals surface area contributed by atoms with E-state index in [1.807, 2.05) is 39.0 Å². The maximum absolute atomic E-state index is 11.7. The third kappa shape index (κ3) is 2.67. The Kier molecular flexibility index (Phi) is 2.92. The van der Waals surface area contributed by atoms with Crippen molar-refractivity contribution in [3.05, 3.63) is 29.8 Å². The van der Waals surface area contributed by atoms with Crippen LogP contribution in [0.4, 0.5) is 0 Å². The molecule has 0 N–H and O–H groups in total. The van der Waals surface area contributed by atoms with Crippen molar-refractivity contribution in [2.24, 2.45) is 5.41 Å². The number of carbonyl (C=O) groups is 1. The molecule has 1 aliphatic rings. The molecule has 0 saturated carbocycles. The van der Waals surface area contributed by atoms with Gasteiger partial charge in [-0.3, -0.25) is 4.79 Å². The average Bonchev–Trinajstić information content (AvgIpc) is 2.71. The van der Waals surface area contributed by atoms with Crippen LogP contribution in [-0.2, 0) is 4.79 Å². The molecule has 0 radical (unpaired) electrons. The van der Waals surface area contributed by atoms with Gasteiger partial charge in [0.25, 0.3) is 0 Å². The summed E-state index contributed by atoms with van der Waals surface area (Å²) in [5.74, 6) is 1.59. The first kappa shape index (κ1) is 11.7. The van der Waals surface area contributed by atoms with Crippen molar-refractivity contribution in [3.63, 3.8) is 0 Å². The Hall–Kier alpha value is -1.77. The number of rotatable bonds is 2. The van der Waals surface area contributed by atoms with Gasteiger partial charge in [-0.1, -0.05) is 32.9 Å². The van der Waals surface area contributed by atoms with Crippen LogP contribution in [0.1, 0.15) is 26.3 Å². The minimum Gasteiger partial charge on any atom is -0.454 e. The summed E-state index contributed by atoms with van der Waals surface area (Å²) in [6.45, 7) is 5.97. The van der Waals surface area contributed by atoms with E-state index in [0.29, 0.717) is 0 Å². The Balaban J connectivity index is 2.14. The molecule has 0 unspecified atom stereocenters. The quantitative estimate of drug-likeness (QED) is 0.738. The molecule has 1 aliphatic heterocycles. The van der Waals surface area contributed by atoms with Crippen LogP contribution in [0, 0.1) is 5.41 Å². The number of carbonyl (C=O) groups excluding carboxylic acids is 1. The summed E-state index contributed by atoms with van der Waals surface area (Å²) in [4.78, 5) is 11.7. The molecule has 1 heterocycles. The smallest absolute Gasteiger partial charge is 0.231 e. The van der Waals surface area contributed by atoms with Gasteiger partial charge in [-0.2, -0.15) is 0 Å². The molecule has 0 atom stereocenters. The predicted molar refractivity (Wildman–Crippen MR) is 66.1 cm³/mol. The second-order valence-electron chi connectivity index (χ2n) is 5.06. The first-order valence-corrected chi connectivity index (χ1v) is 5.59. The monoisotopic (exact) mass is 234 g/mol. The third-order valence-corrected chi connectivity index (χ3v) is 2.56. The van der Waals surface area contributed by atoms with Crippen LogP contribution >= 0.6 is 0 Å². The van der Waals surface area contributed by atoms with Gasteiger partial charge in [0.05, 0.1) is 0 Å². The molecule has 0 amide bonds. The zero-order valence-electron chi connectivity index (χ0n) is 10.3. The molecular formula is C14H16O3. The molecule has 1 aromatic rings. The van der Waals surface area contributed by atoms with Gasteiger partial charge < -0.3 is 9.47 Å². The molecule has 0 fully saturated rings. The van der Waals surface area contributed by atoms with Crippen molar-refractivity contribution in [2.75, 3.05) is 6.79 Å². The van der Waals surface area contributed by atoms with Gasteiger partial charge >= 0.3 is 0 Å². The molecule has 3 nitrogen and oxygen atoms in total. The SMILES string of the molecule is CC(C)(C)C(=O)/C=[14CH]/c1ccc2c(c1)OCO2. The third-order valence-electron chi connectivity index (χ3n) is 2.56. The van der Waals surface area contributed by atoms with Gasteiger partial charge in [-0.05, 0) is 23.8 Å². The van der Waals surface area contributed by atoms with E-state index in [-0.39, 0.29) is 18.0 Å². The molecule has 0 saturated heterocycles. The number of ether oxygens (including phenoxy) is 2. The predicted octanol–water partition coefficient (Wildman–Crippen LogP) is 3.04. The fourth-order valence-corrected chi connectivity index (χ4v) is 1.44. The molecule has 0 aromatic heterocycles. The maximum atomic E-state index is 11.7. The number of hydrogen-bond donors (Lipinski definition) is 0. The summed E-state index contributed by atoms with van der Waals surface area (Å²) in [5, 5.41) is 0. The fourth-order valence-electron chi connectivity index (χ4n) is 1.44. The van der Waals surface area contributed by atoms with E-state index < -0.39 is 0 Å². The van der Waals surface area contributed by atoms with Crippen LogP contribution in [0.25, 0.3) is 6.08 Å². The van der Waals surface area contributed by atoms with Crippen molar-refractivity contribution in [3.8, 4) is 11.5 Å². The number of benzene rings is 1. The Morgan fingerprint density at radius 1 is 1.29 bits per heavy atom. The van der Waals surface area contributed by atoms with Crippen molar-refractivity contribution in [1.29, 1.82) is 0 Å². The van der Waals surface area contributed by atoms with E-state index in [2.05, 4.69) is 0 Å². The first-order valence-electron chi connectivity index (χ1n) is 5.59. The minimum atomic E-state index is -0.340. The van der Waals surface area contributed by atoms with E-state index >= 15 is 0 Å². The van der Waals surface area contributed by atoms with Gasteiger partial charge in [-0.25, -0.2) is 0 Å². The number of allylic oxidation sites excluding steroid dienone is 1. The van der Waals surface area contributed by atoms with Crippen LogP contribution in [0.5, 0.6) is 11.5 Å². The van der Waals surface area contributed by atoms with Crippen molar-refractivity contribution < 1.29 is 14.3 Å². The van der Waals surface area contributed by atoms with E-state index in [9.17, 15) is 4.79 Å². The summed E-state index contributed by atoms with van der Waals surface area (Å²) >= 11 is 0. The lowest BCUT2D eigenvalue weighted by atomic mass is 9.92. The van der Waals surface area contributed by atoms with Gasteiger partial charge in [0.2, 0.25) is 6.79 Å². The summed E-state index contributed by atoms with van der Waals surface area (Å²) in [6, 6.07) is 5.62. The Bertz CT molecular complexity index is 467. The second kappa shape index (κ2) is 4.24. The van der Waals surface area contributed by atoms with Gasteiger partial charge in [-0.15, -0.1) is 0 Å². The molecule has 2 rings (SSSR count). The highest BCUT2D eigenvalue weighted by Crippen LogP contribution is 2.32. The standard InChI is InChI=1S/C14H16O3/c1-14(2,3)13(15)7-5-10-4-6-11-12(8-10)17-9-16-11/h4-8H,9H2,1-3H3/b7-5+/i5+2. The molecule has 0 spiro atoms. The highest BCUT2D eigenvalue weighted by molar-refractivity contribution is 5.97. The molecule has 90 valence electrons. The summed E-state index contributed by atoms with van der Waals surface area (Å²) in [5.41, 5.74) is 0.596. The van der Waals surface area contributed by atoms with Crippen molar-refractivity contribution in [1.82, 2.24) is 0 Å². The average molecular weight is 234 g/mol. The molecule has 0 bridgehead atoms. The van der Waals surface area contributed by atoms with Crippen LogP contribution in [0.2, 0.25) is 0 Å². The van der Waals surface area contributed by atoms with Gasteiger partial charge in [0.1, 0.15) is 0 Å².